The van der Waals surface area contributed by atoms with Crippen molar-refractivity contribution >= 4 is 0 Å². The molecule has 0 saturated heterocycles. The molecule has 7 heteroatoms. The van der Waals surface area contributed by atoms with E-state index in [2.05, 4.69) is 20.1 Å². The number of H-pyrrole nitrogens is 2. The van der Waals surface area contributed by atoms with Gasteiger partial charge in [0, 0.05) is 11.8 Å². The van der Waals surface area contributed by atoms with Crippen LogP contribution in [-0.4, -0.2) is 20.1 Å². The lowest BCUT2D eigenvalue weighted by molar-refractivity contribution is 0.431. The first-order valence-corrected chi connectivity index (χ1v) is 5.86. The minimum Gasteiger partial charge on any atom is -0.333 e. The second-order valence-electron chi connectivity index (χ2n) is 4.27. The van der Waals surface area contributed by atoms with E-state index in [9.17, 15) is 9.59 Å². The van der Waals surface area contributed by atoms with Crippen molar-refractivity contribution in [3.63, 3.8) is 0 Å². The third-order valence-electron chi connectivity index (χ3n) is 2.79. The van der Waals surface area contributed by atoms with Crippen LogP contribution in [0.1, 0.15) is 5.56 Å². The van der Waals surface area contributed by atoms with Crippen molar-refractivity contribution in [3.8, 4) is 22.8 Å². The Kier molecular flexibility index (Phi) is 2.79. The molecule has 1 aromatic carbocycles. The normalized spacial score (nSPS) is 10.7. The number of nitrogens with zero attached hydrogens (tertiary/aromatic N) is 2. The fraction of sp³-hybridized carbons (Fsp3) is 0.0769. The van der Waals surface area contributed by atoms with E-state index in [0.29, 0.717) is 5.82 Å². The number of aryl methyl sites for hydroxylation is 1. The van der Waals surface area contributed by atoms with Gasteiger partial charge in [0.15, 0.2) is 0 Å². The quantitative estimate of drug-likeness (QED) is 0.725. The smallest absolute Gasteiger partial charge is 0.325 e. The minimum atomic E-state index is -0.586. The number of rotatable bonds is 2. The largest absolute Gasteiger partial charge is 0.333 e. The van der Waals surface area contributed by atoms with Crippen LogP contribution < -0.4 is 11.2 Å². The molecule has 0 aliphatic heterocycles. The molecule has 0 atom stereocenters. The van der Waals surface area contributed by atoms with Gasteiger partial charge >= 0.3 is 5.69 Å². The monoisotopic (exact) mass is 270 g/mol. The molecule has 0 aliphatic rings. The Morgan fingerprint density at radius 1 is 1.15 bits per heavy atom. The van der Waals surface area contributed by atoms with E-state index < -0.39 is 11.2 Å². The Labute approximate surface area is 112 Å². The molecule has 3 aromatic rings. The number of hydrogen-bond acceptors (Lipinski definition) is 5. The first-order chi connectivity index (χ1) is 9.63. The van der Waals surface area contributed by atoms with E-state index >= 15 is 0 Å². The first kappa shape index (κ1) is 12.1. The molecule has 3 rings (SSSR count). The third kappa shape index (κ3) is 2.16. The predicted molar refractivity (Wildman–Crippen MR) is 71.1 cm³/mol. The second-order valence-corrected chi connectivity index (χ2v) is 4.27. The van der Waals surface area contributed by atoms with Gasteiger partial charge in [-0.1, -0.05) is 35.0 Å². The molecule has 7 nitrogen and oxygen atoms in total. The van der Waals surface area contributed by atoms with Crippen molar-refractivity contribution in [2.75, 3.05) is 0 Å². The van der Waals surface area contributed by atoms with Crippen LogP contribution in [0.15, 0.2) is 44.6 Å². The standard InChI is InChI=1S/C13H10N4O3/c1-7-2-4-8(5-3-7)10-15-12(20-17-10)9-6-14-13(19)16-11(9)18/h2-6H,1H3,(H2,14,16,18,19). The van der Waals surface area contributed by atoms with Crippen molar-refractivity contribution in [2.45, 2.75) is 6.92 Å². The summed E-state index contributed by atoms with van der Waals surface area (Å²) in [4.78, 5) is 31.2. The highest BCUT2D eigenvalue weighted by molar-refractivity contribution is 5.58. The highest BCUT2D eigenvalue weighted by Gasteiger charge is 2.13. The van der Waals surface area contributed by atoms with Crippen molar-refractivity contribution in [1.29, 1.82) is 0 Å². The summed E-state index contributed by atoms with van der Waals surface area (Å²) in [5.74, 6) is 0.434. The lowest BCUT2D eigenvalue weighted by Gasteiger charge is -1.94. The van der Waals surface area contributed by atoms with Crippen LogP contribution in [0.3, 0.4) is 0 Å². The van der Waals surface area contributed by atoms with Crippen molar-refractivity contribution in [2.24, 2.45) is 0 Å². The number of hydrogen-bond donors (Lipinski definition) is 2. The first-order valence-electron chi connectivity index (χ1n) is 5.86. The predicted octanol–water partition coefficient (Wildman–Crippen LogP) is 1.09. The van der Waals surface area contributed by atoms with E-state index in [1.54, 1.807) is 0 Å². The van der Waals surface area contributed by atoms with Crippen molar-refractivity contribution in [3.05, 3.63) is 56.9 Å². The van der Waals surface area contributed by atoms with Crippen LogP contribution in [0.2, 0.25) is 0 Å². The summed E-state index contributed by atoms with van der Waals surface area (Å²) in [5, 5.41) is 3.83. The van der Waals surface area contributed by atoms with E-state index in [1.165, 1.54) is 6.20 Å². The Morgan fingerprint density at radius 2 is 1.90 bits per heavy atom. The molecule has 0 saturated carbocycles. The molecule has 0 bridgehead atoms. The number of aromatic nitrogens is 4. The average Bonchev–Trinajstić information content (AvgIpc) is 2.89. The zero-order valence-corrected chi connectivity index (χ0v) is 10.5. The third-order valence-corrected chi connectivity index (χ3v) is 2.79. The summed E-state index contributed by atoms with van der Waals surface area (Å²) in [7, 11) is 0. The molecule has 20 heavy (non-hydrogen) atoms. The van der Waals surface area contributed by atoms with Gasteiger partial charge in [0.05, 0.1) is 0 Å². The van der Waals surface area contributed by atoms with Crippen LogP contribution in [0, 0.1) is 6.92 Å². The maximum atomic E-state index is 11.6. The van der Waals surface area contributed by atoms with Gasteiger partial charge in [0.2, 0.25) is 5.82 Å². The van der Waals surface area contributed by atoms with Gasteiger partial charge in [0.1, 0.15) is 5.56 Å². The van der Waals surface area contributed by atoms with Gasteiger partial charge in [0.25, 0.3) is 11.4 Å². The summed E-state index contributed by atoms with van der Waals surface area (Å²) in [6.45, 7) is 1.98. The van der Waals surface area contributed by atoms with Crippen LogP contribution >= 0.6 is 0 Å². The lowest BCUT2D eigenvalue weighted by atomic mass is 10.1. The summed E-state index contributed by atoms with van der Waals surface area (Å²) in [6, 6.07) is 7.58. The number of aromatic amines is 2. The topological polar surface area (TPSA) is 105 Å². The molecule has 0 amide bonds. The molecular formula is C13H10N4O3. The van der Waals surface area contributed by atoms with Gasteiger partial charge in [-0.15, -0.1) is 0 Å². The molecule has 2 heterocycles. The van der Waals surface area contributed by atoms with E-state index in [1.807, 2.05) is 31.2 Å². The summed E-state index contributed by atoms with van der Waals surface area (Å²) >= 11 is 0. The van der Waals surface area contributed by atoms with Crippen LogP contribution in [0.4, 0.5) is 0 Å². The summed E-state index contributed by atoms with van der Waals surface area (Å²) in [5.41, 5.74) is 0.862. The SMILES string of the molecule is Cc1ccc(-c2noc(-c3c[nH]c(=O)[nH]c3=O)n2)cc1. The highest BCUT2D eigenvalue weighted by Crippen LogP contribution is 2.19. The van der Waals surface area contributed by atoms with Gasteiger partial charge in [-0.3, -0.25) is 9.78 Å². The number of nitrogens with one attached hydrogen (secondary N) is 2. The van der Waals surface area contributed by atoms with Gasteiger partial charge in [-0.05, 0) is 6.92 Å². The molecule has 0 unspecified atom stereocenters. The molecule has 0 aliphatic carbocycles. The molecule has 0 fully saturated rings. The Hall–Kier alpha value is -2.96. The van der Waals surface area contributed by atoms with E-state index in [0.717, 1.165) is 11.1 Å². The van der Waals surface area contributed by atoms with Crippen molar-refractivity contribution < 1.29 is 4.52 Å². The maximum Gasteiger partial charge on any atom is 0.325 e. The van der Waals surface area contributed by atoms with Crippen LogP contribution in [0.25, 0.3) is 22.8 Å². The average molecular weight is 270 g/mol. The Morgan fingerprint density at radius 3 is 2.60 bits per heavy atom. The zero-order valence-electron chi connectivity index (χ0n) is 10.5. The molecule has 0 spiro atoms. The molecule has 0 radical (unpaired) electrons. The van der Waals surface area contributed by atoms with E-state index in [4.69, 9.17) is 4.52 Å². The fourth-order valence-corrected chi connectivity index (χ4v) is 1.72. The fourth-order valence-electron chi connectivity index (χ4n) is 1.72. The number of benzene rings is 1. The maximum absolute atomic E-state index is 11.6. The van der Waals surface area contributed by atoms with Crippen molar-refractivity contribution in [1.82, 2.24) is 20.1 Å². The Balaban J connectivity index is 2.04. The van der Waals surface area contributed by atoms with E-state index in [-0.39, 0.29) is 11.5 Å². The highest BCUT2D eigenvalue weighted by atomic mass is 16.5. The summed E-state index contributed by atoms with van der Waals surface area (Å²) in [6.07, 6.45) is 1.24. The Bertz CT molecular complexity index is 858. The molecule has 100 valence electrons. The minimum absolute atomic E-state index is 0.0538. The zero-order chi connectivity index (χ0) is 14.1. The lowest BCUT2D eigenvalue weighted by Crippen LogP contribution is -2.22. The van der Waals surface area contributed by atoms with Gasteiger partial charge < -0.3 is 9.51 Å². The molecule has 2 aromatic heterocycles. The molecular weight excluding hydrogens is 260 g/mol. The second kappa shape index (κ2) is 4.61. The van der Waals surface area contributed by atoms with Gasteiger partial charge in [-0.2, -0.15) is 4.98 Å². The molecule has 2 N–H and O–H groups in total. The van der Waals surface area contributed by atoms with Crippen LogP contribution in [0.5, 0.6) is 0 Å². The summed E-state index contributed by atoms with van der Waals surface area (Å²) < 4.78 is 5.05. The van der Waals surface area contributed by atoms with Crippen LogP contribution in [-0.2, 0) is 0 Å². The van der Waals surface area contributed by atoms with Gasteiger partial charge in [-0.25, -0.2) is 4.79 Å².